The van der Waals surface area contributed by atoms with Gasteiger partial charge in [-0.15, -0.1) is 0 Å². The summed E-state index contributed by atoms with van der Waals surface area (Å²) in [5, 5.41) is 11.5. The molecule has 0 saturated carbocycles. The zero-order valence-corrected chi connectivity index (χ0v) is 12.3. The second-order valence-corrected chi connectivity index (χ2v) is 4.94. The van der Waals surface area contributed by atoms with Crippen LogP contribution in [0.4, 0.5) is 0 Å². The monoisotopic (exact) mass is 299 g/mol. The summed E-state index contributed by atoms with van der Waals surface area (Å²) in [6.07, 6.45) is 0.775. The highest BCUT2D eigenvalue weighted by molar-refractivity contribution is 5.88. The van der Waals surface area contributed by atoms with Crippen molar-refractivity contribution in [1.29, 1.82) is 0 Å². The number of hydrogen-bond donors (Lipinski definition) is 3. The van der Waals surface area contributed by atoms with Gasteiger partial charge in [0, 0.05) is 20.5 Å². The number of carboxylic acid groups (broad SMARTS) is 1. The van der Waals surface area contributed by atoms with Gasteiger partial charge in [0.1, 0.15) is 0 Å². The van der Waals surface area contributed by atoms with Crippen LogP contribution in [0.5, 0.6) is 0 Å². The molecule has 3 unspecified atom stereocenters. The Morgan fingerprint density at radius 1 is 1.48 bits per heavy atom. The first kappa shape index (κ1) is 17.0. The number of nitrogens with zero attached hydrogens (tertiary/aromatic N) is 1. The standard InChI is InChI=1S/C13H21N3O5/c1-4-5-16(3)12(18)11-10(15-7(2)17)8(14)6-9(21-11)13(19)20/h6,8,10-11H,4-5,14H2,1-3H3,(H,15,17)(H,19,20). The minimum absolute atomic E-state index is 0.373. The maximum absolute atomic E-state index is 12.4. The van der Waals surface area contributed by atoms with E-state index in [1.54, 1.807) is 7.05 Å². The highest BCUT2D eigenvalue weighted by atomic mass is 16.5. The lowest BCUT2D eigenvalue weighted by atomic mass is 9.97. The van der Waals surface area contributed by atoms with Crippen LogP contribution in [-0.2, 0) is 19.1 Å². The summed E-state index contributed by atoms with van der Waals surface area (Å²) < 4.78 is 5.24. The Morgan fingerprint density at radius 3 is 2.57 bits per heavy atom. The van der Waals surface area contributed by atoms with Gasteiger partial charge in [0.25, 0.3) is 5.91 Å². The van der Waals surface area contributed by atoms with Crippen molar-refractivity contribution in [1.82, 2.24) is 10.2 Å². The Hall–Kier alpha value is -2.09. The highest BCUT2D eigenvalue weighted by Gasteiger charge is 2.41. The van der Waals surface area contributed by atoms with Gasteiger partial charge in [0.05, 0.1) is 12.1 Å². The number of nitrogens with one attached hydrogen (secondary N) is 1. The maximum Gasteiger partial charge on any atom is 0.370 e. The minimum atomic E-state index is -1.30. The molecule has 0 spiro atoms. The topological polar surface area (TPSA) is 122 Å². The predicted octanol–water partition coefficient (Wildman–Crippen LogP) is -0.946. The number of ether oxygens (including phenoxy) is 1. The molecule has 0 aromatic carbocycles. The van der Waals surface area contributed by atoms with Gasteiger partial charge in [-0.25, -0.2) is 4.79 Å². The van der Waals surface area contributed by atoms with E-state index in [-0.39, 0.29) is 11.7 Å². The van der Waals surface area contributed by atoms with E-state index in [4.69, 9.17) is 15.6 Å². The largest absolute Gasteiger partial charge is 0.475 e. The van der Waals surface area contributed by atoms with Crippen LogP contribution in [0.3, 0.4) is 0 Å². The Balaban J connectivity index is 3.04. The van der Waals surface area contributed by atoms with Crippen LogP contribution in [0.1, 0.15) is 20.3 Å². The molecule has 8 heteroatoms. The molecular weight excluding hydrogens is 278 g/mol. The molecule has 0 aromatic heterocycles. The summed E-state index contributed by atoms with van der Waals surface area (Å²) >= 11 is 0. The van der Waals surface area contributed by atoms with E-state index < -0.39 is 30.1 Å². The van der Waals surface area contributed by atoms with Crippen LogP contribution in [0.25, 0.3) is 0 Å². The molecule has 8 nitrogen and oxygen atoms in total. The summed E-state index contributed by atoms with van der Waals surface area (Å²) in [5.41, 5.74) is 5.85. The Kier molecular flexibility index (Phi) is 5.71. The normalized spacial score (nSPS) is 24.6. The first-order chi connectivity index (χ1) is 9.77. The average molecular weight is 299 g/mol. The number of amides is 2. The van der Waals surface area contributed by atoms with Crippen LogP contribution in [-0.4, -0.2) is 59.6 Å². The molecule has 4 N–H and O–H groups in total. The molecule has 1 aliphatic rings. The van der Waals surface area contributed by atoms with E-state index in [0.717, 1.165) is 6.42 Å². The Bertz CT molecular complexity index is 463. The molecule has 0 aliphatic carbocycles. The van der Waals surface area contributed by atoms with Crippen LogP contribution >= 0.6 is 0 Å². The number of aliphatic carboxylic acids is 1. The van der Waals surface area contributed by atoms with Crippen molar-refractivity contribution in [3.05, 3.63) is 11.8 Å². The second-order valence-electron chi connectivity index (χ2n) is 4.94. The third kappa shape index (κ3) is 4.19. The summed E-state index contributed by atoms with van der Waals surface area (Å²) in [7, 11) is 1.59. The Labute approximate surface area is 122 Å². The first-order valence-electron chi connectivity index (χ1n) is 6.67. The number of hydrogen-bond acceptors (Lipinski definition) is 5. The zero-order valence-electron chi connectivity index (χ0n) is 12.3. The molecule has 0 bridgehead atoms. The minimum Gasteiger partial charge on any atom is -0.475 e. The third-order valence-electron chi connectivity index (χ3n) is 3.10. The van der Waals surface area contributed by atoms with Crippen molar-refractivity contribution in [2.45, 2.75) is 38.5 Å². The number of carboxylic acids is 1. The van der Waals surface area contributed by atoms with Crippen LogP contribution in [0, 0.1) is 0 Å². The van der Waals surface area contributed by atoms with E-state index in [2.05, 4.69) is 5.32 Å². The lowest BCUT2D eigenvalue weighted by Crippen LogP contribution is -2.61. The number of carbonyl (C=O) groups excluding carboxylic acids is 2. The fourth-order valence-corrected chi connectivity index (χ4v) is 2.12. The molecule has 3 atom stereocenters. The van der Waals surface area contributed by atoms with Gasteiger partial charge in [-0.05, 0) is 12.5 Å². The molecule has 0 saturated heterocycles. The summed E-state index contributed by atoms with van der Waals surface area (Å²) in [4.78, 5) is 36.1. The quantitative estimate of drug-likeness (QED) is 0.602. The Morgan fingerprint density at radius 2 is 2.10 bits per heavy atom. The fraction of sp³-hybridized carbons (Fsp3) is 0.615. The molecule has 0 aromatic rings. The summed E-state index contributed by atoms with van der Waals surface area (Å²) in [6.45, 7) is 3.69. The molecule has 1 heterocycles. The van der Waals surface area contributed by atoms with Crippen molar-refractivity contribution in [2.75, 3.05) is 13.6 Å². The average Bonchev–Trinajstić information content (AvgIpc) is 2.39. The molecular formula is C13H21N3O5. The van der Waals surface area contributed by atoms with Crippen LogP contribution in [0.15, 0.2) is 11.8 Å². The summed E-state index contributed by atoms with van der Waals surface area (Å²) in [6, 6.07) is -1.63. The SMILES string of the molecule is CCCN(C)C(=O)C1OC(C(=O)O)=CC(N)C1NC(C)=O. The van der Waals surface area contributed by atoms with Gasteiger partial charge in [-0.3, -0.25) is 9.59 Å². The van der Waals surface area contributed by atoms with Gasteiger partial charge in [-0.2, -0.15) is 0 Å². The maximum atomic E-state index is 12.4. The van der Waals surface area contributed by atoms with E-state index in [1.807, 2.05) is 6.92 Å². The number of likely N-dealkylation sites (N-methyl/N-ethyl adjacent to an activating group) is 1. The first-order valence-corrected chi connectivity index (χ1v) is 6.67. The van der Waals surface area contributed by atoms with Crippen molar-refractivity contribution in [3.8, 4) is 0 Å². The van der Waals surface area contributed by atoms with Crippen molar-refractivity contribution in [3.63, 3.8) is 0 Å². The molecule has 118 valence electrons. The zero-order chi connectivity index (χ0) is 16.2. The molecule has 1 aliphatic heterocycles. The molecule has 0 fully saturated rings. The lowest BCUT2D eigenvalue weighted by Gasteiger charge is -2.36. The van der Waals surface area contributed by atoms with Crippen LogP contribution in [0.2, 0.25) is 0 Å². The number of carbonyl (C=O) groups is 3. The number of nitrogens with two attached hydrogens (primary N) is 1. The predicted molar refractivity (Wildman–Crippen MR) is 74.1 cm³/mol. The van der Waals surface area contributed by atoms with Crippen molar-refractivity contribution >= 4 is 17.8 Å². The molecule has 1 rings (SSSR count). The van der Waals surface area contributed by atoms with Crippen LogP contribution < -0.4 is 11.1 Å². The van der Waals surface area contributed by atoms with Gasteiger partial charge in [-0.1, -0.05) is 6.92 Å². The van der Waals surface area contributed by atoms with Crippen molar-refractivity contribution < 1.29 is 24.2 Å². The van der Waals surface area contributed by atoms with Gasteiger partial charge < -0.3 is 25.8 Å². The van der Waals surface area contributed by atoms with E-state index in [0.29, 0.717) is 6.54 Å². The van der Waals surface area contributed by atoms with Gasteiger partial charge in [0.2, 0.25) is 11.7 Å². The van der Waals surface area contributed by atoms with Gasteiger partial charge >= 0.3 is 5.97 Å². The smallest absolute Gasteiger partial charge is 0.370 e. The van der Waals surface area contributed by atoms with Gasteiger partial charge in [0.15, 0.2) is 6.10 Å². The van der Waals surface area contributed by atoms with Crippen molar-refractivity contribution in [2.24, 2.45) is 5.73 Å². The van der Waals surface area contributed by atoms with E-state index >= 15 is 0 Å². The van der Waals surface area contributed by atoms with E-state index in [9.17, 15) is 14.4 Å². The number of rotatable bonds is 5. The highest BCUT2D eigenvalue weighted by Crippen LogP contribution is 2.19. The molecule has 0 radical (unpaired) electrons. The second kappa shape index (κ2) is 7.07. The third-order valence-corrected chi connectivity index (χ3v) is 3.10. The molecule has 21 heavy (non-hydrogen) atoms. The van der Waals surface area contributed by atoms with E-state index in [1.165, 1.54) is 17.9 Å². The fourth-order valence-electron chi connectivity index (χ4n) is 2.12. The lowest BCUT2D eigenvalue weighted by molar-refractivity contribution is -0.148. The molecule has 2 amide bonds. The summed E-state index contributed by atoms with van der Waals surface area (Å²) in [5.74, 6) is -2.48.